The predicted octanol–water partition coefficient (Wildman–Crippen LogP) is 0.307. The molecule has 1 aliphatic carbocycles. The van der Waals surface area contributed by atoms with Crippen LogP contribution < -0.4 is 5.32 Å². The number of rotatable bonds is 3. The van der Waals surface area contributed by atoms with Gasteiger partial charge in [0.05, 0.1) is 0 Å². The number of nitrogens with one attached hydrogen (secondary N) is 1. The lowest BCUT2D eigenvalue weighted by atomic mass is 10.4. The molecule has 44 valence electrons. The van der Waals surface area contributed by atoms with E-state index in [1.165, 1.54) is 0 Å². The van der Waals surface area contributed by atoms with Gasteiger partial charge in [0.15, 0.2) is 0 Å². The highest BCUT2D eigenvalue weighted by Gasteiger charge is 2.33. The van der Waals surface area contributed by atoms with E-state index in [9.17, 15) is 4.79 Å². The van der Waals surface area contributed by atoms with Crippen LogP contribution in [0.15, 0.2) is 12.7 Å². The minimum atomic E-state index is 0.394. The first-order valence-corrected chi connectivity index (χ1v) is 2.70. The second-order valence-electron chi connectivity index (χ2n) is 2.03. The van der Waals surface area contributed by atoms with E-state index in [-0.39, 0.29) is 0 Å². The van der Waals surface area contributed by atoms with Crippen LogP contribution in [0.4, 0.5) is 0 Å². The third kappa shape index (κ3) is 0.886. The van der Waals surface area contributed by atoms with Gasteiger partial charge in [-0.15, -0.1) is 6.58 Å². The van der Waals surface area contributed by atoms with Gasteiger partial charge in [0.1, 0.15) is 0 Å². The SMILES string of the molecule is C=C[C@@H]1C[C@H]1NC=O. The van der Waals surface area contributed by atoms with Crippen molar-refractivity contribution < 1.29 is 4.79 Å². The Kier molecular flexibility index (Phi) is 1.33. The number of hydrogen-bond donors (Lipinski definition) is 1. The van der Waals surface area contributed by atoms with Gasteiger partial charge in [-0.3, -0.25) is 4.79 Å². The van der Waals surface area contributed by atoms with E-state index in [2.05, 4.69) is 11.9 Å². The van der Waals surface area contributed by atoms with Crippen LogP contribution in [0.2, 0.25) is 0 Å². The summed E-state index contributed by atoms with van der Waals surface area (Å²) in [6.07, 6.45) is 3.69. The Morgan fingerprint density at radius 1 is 1.75 bits per heavy atom. The van der Waals surface area contributed by atoms with Crippen LogP contribution in [-0.2, 0) is 4.79 Å². The van der Waals surface area contributed by atoms with Gasteiger partial charge in [0, 0.05) is 6.04 Å². The summed E-state index contributed by atoms with van der Waals surface area (Å²) in [7, 11) is 0. The van der Waals surface area contributed by atoms with Gasteiger partial charge in [0.25, 0.3) is 0 Å². The maximum Gasteiger partial charge on any atom is 0.207 e. The zero-order valence-corrected chi connectivity index (χ0v) is 4.63. The van der Waals surface area contributed by atoms with Crippen molar-refractivity contribution in [3.8, 4) is 0 Å². The van der Waals surface area contributed by atoms with E-state index < -0.39 is 0 Å². The fourth-order valence-electron chi connectivity index (χ4n) is 0.754. The summed E-state index contributed by atoms with van der Waals surface area (Å²) in [6, 6.07) is 0.394. The molecule has 2 nitrogen and oxygen atoms in total. The first kappa shape index (κ1) is 5.35. The smallest absolute Gasteiger partial charge is 0.207 e. The van der Waals surface area contributed by atoms with Crippen LogP contribution in [0.3, 0.4) is 0 Å². The predicted molar refractivity (Wildman–Crippen MR) is 31.3 cm³/mol. The molecule has 0 bridgehead atoms. The lowest BCUT2D eigenvalue weighted by Gasteiger charge is -1.87. The Hall–Kier alpha value is -0.790. The number of carbonyl (C=O) groups excluding carboxylic acids is 1. The normalized spacial score (nSPS) is 33.5. The van der Waals surface area contributed by atoms with Crippen molar-refractivity contribution in [2.75, 3.05) is 0 Å². The molecule has 2 heteroatoms. The van der Waals surface area contributed by atoms with Crippen LogP contribution in [0.1, 0.15) is 6.42 Å². The maximum atomic E-state index is 9.77. The zero-order chi connectivity index (χ0) is 5.98. The first-order chi connectivity index (χ1) is 3.88. The molecule has 1 fully saturated rings. The summed E-state index contributed by atoms with van der Waals surface area (Å²) in [5.41, 5.74) is 0. The summed E-state index contributed by atoms with van der Waals surface area (Å²) in [5.74, 6) is 0.542. The number of amides is 1. The lowest BCUT2D eigenvalue weighted by Crippen LogP contribution is -2.14. The fourth-order valence-corrected chi connectivity index (χ4v) is 0.754. The second-order valence-corrected chi connectivity index (χ2v) is 2.03. The van der Waals surface area contributed by atoms with E-state index in [0.717, 1.165) is 12.8 Å². The highest BCUT2D eigenvalue weighted by molar-refractivity contribution is 5.48. The third-order valence-corrected chi connectivity index (χ3v) is 1.42. The average molecular weight is 111 g/mol. The summed E-state index contributed by atoms with van der Waals surface area (Å²) in [6.45, 7) is 3.60. The van der Waals surface area contributed by atoms with Crippen molar-refractivity contribution in [2.24, 2.45) is 5.92 Å². The van der Waals surface area contributed by atoms with Crippen LogP contribution in [0.25, 0.3) is 0 Å². The van der Waals surface area contributed by atoms with Gasteiger partial charge in [-0.1, -0.05) is 6.08 Å². The quantitative estimate of drug-likeness (QED) is 0.412. The Balaban J connectivity index is 2.16. The van der Waals surface area contributed by atoms with Gasteiger partial charge in [0.2, 0.25) is 6.41 Å². The molecule has 0 aromatic rings. The maximum absolute atomic E-state index is 9.77. The van der Waals surface area contributed by atoms with Crippen molar-refractivity contribution >= 4 is 6.41 Å². The van der Waals surface area contributed by atoms with Gasteiger partial charge >= 0.3 is 0 Å². The third-order valence-electron chi connectivity index (χ3n) is 1.42. The molecule has 1 rings (SSSR count). The number of carbonyl (C=O) groups is 1. The van der Waals surface area contributed by atoms with Gasteiger partial charge in [-0.25, -0.2) is 0 Å². The second kappa shape index (κ2) is 1.99. The Bertz CT molecular complexity index is 111. The highest BCUT2D eigenvalue weighted by atomic mass is 16.1. The molecule has 8 heavy (non-hydrogen) atoms. The Labute approximate surface area is 48.6 Å². The van der Waals surface area contributed by atoms with Crippen LogP contribution in [-0.4, -0.2) is 12.5 Å². The van der Waals surface area contributed by atoms with E-state index in [0.29, 0.717) is 12.0 Å². The topological polar surface area (TPSA) is 29.1 Å². The highest BCUT2D eigenvalue weighted by Crippen LogP contribution is 2.30. The van der Waals surface area contributed by atoms with Gasteiger partial charge < -0.3 is 5.32 Å². The molecule has 0 aliphatic heterocycles. The molecule has 1 amide bonds. The summed E-state index contributed by atoms with van der Waals surface area (Å²) in [5, 5.41) is 2.67. The molecule has 2 atom stereocenters. The van der Waals surface area contributed by atoms with Crippen LogP contribution >= 0.6 is 0 Å². The minimum Gasteiger partial charge on any atom is -0.355 e. The molecule has 0 radical (unpaired) electrons. The number of hydrogen-bond acceptors (Lipinski definition) is 1. The van der Waals surface area contributed by atoms with Crippen LogP contribution in [0.5, 0.6) is 0 Å². The molecule has 0 aromatic carbocycles. The standard InChI is InChI=1S/C6H9NO/c1-2-5-3-6(5)7-4-8/h2,4-6H,1,3H2,(H,7,8)/t5-,6-/m1/s1. The molecule has 0 spiro atoms. The molecule has 1 aliphatic rings. The molecule has 1 N–H and O–H groups in total. The molecular weight excluding hydrogens is 102 g/mol. The molecule has 0 saturated heterocycles. The van der Waals surface area contributed by atoms with Gasteiger partial charge in [-0.2, -0.15) is 0 Å². The van der Waals surface area contributed by atoms with E-state index >= 15 is 0 Å². The molecule has 1 saturated carbocycles. The van der Waals surface area contributed by atoms with Crippen molar-refractivity contribution in [1.82, 2.24) is 5.32 Å². The van der Waals surface area contributed by atoms with Gasteiger partial charge in [-0.05, 0) is 12.3 Å². The Morgan fingerprint density at radius 3 is 2.88 bits per heavy atom. The van der Waals surface area contributed by atoms with E-state index in [1.807, 2.05) is 6.08 Å². The van der Waals surface area contributed by atoms with Crippen molar-refractivity contribution in [1.29, 1.82) is 0 Å². The lowest BCUT2D eigenvalue weighted by molar-refractivity contribution is -0.109. The average Bonchev–Trinajstić information content (AvgIpc) is 2.48. The van der Waals surface area contributed by atoms with Crippen molar-refractivity contribution in [2.45, 2.75) is 12.5 Å². The summed E-state index contributed by atoms with van der Waals surface area (Å²) < 4.78 is 0. The molecule has 0 aromatic heterocycles. The first-order valence-electron chi connectivity index (χ1n) is 2.70. The fraction of sp³-hybridized carbons (Fsp3) is 0.500. The summed E-state index contributed by atoms with van der Waals surface area (Å²) >= 11 is 0. The minimum absolute atomic E-state index is 0.394. The summed E-state index contributed by atoms with van der Waals surface area (Å²) in [4.78, 5) is 9.77. The van der Waals surface area contributed by atoms with E-state index in [1.54, 1.807) is 0 Å². The van der Waals surface area contributed by atoms with Crippen LogP contribution in [0, 0.1) is 5.92 Å². The van der Waals surface area contributed by atoms with E-state index in [4.69, 9.17) is 0 Å². The molecule has 0 unspecified atom stereocenters. The zero-order valence-electron chi connectivity index (χ0n) is 4.63. The monoisotopic (exact) mass is 111 g/mol. The Morgan fingerprint density at radius 2 is 2.50 bits per heavy atom. The van der Waals surface area contributed by atoms with Crippen molar-refractivity contribution in [3.05, 3.63) is 12.7 Å². The molecule has 0 heterocycles. The van der Waals surface area contributed by atoms with Crippen molar-refractivity contribution in [3.63, 3.8) is 0 Å². The largest absolute Gasteiger partial charge is 0.355 e. The molecular formula is C6H9NO.